The number of nitro benzene ring substituents is 1. The number of nitro groups is 1. The molecule has 1 aromatic carbocycles. The predicted molar refractivity (Wildman–Crippen MR) is 66.6 cm³/mol. The molecule has 1 aliphatic rings. The van der Waals surface area contributed by atoms with Crippen molar-refractivity contribution in [3.8, 4) is 0 Å². The van der Waals surface area contributed by atoms with Crippen molar-refractivity contribution in [1.29, 1.82) is 0 Å². The van der Waals surface area contributed by atoms with Gasteiger partial charge in [0.25, 0.3) is 5.69 Å². The Kier molecular flexibility index (Phi) is 3.28. The first kappa shape index (κ1) is 11.9. The first-order valence-electron chi connectivity index (χ1n) is 5.77. The molecule has 0 radical (unpaired) electrons. The van der Waals surface area contributed by atoms with E-state index in [4.69, 9.17) is 5.73 Å². The van der Waals surface area contributed by atoms with Crippen molar-refractivity contribution in [2.24, 2.45) is 5.92 Å². The molecule has 5 heteroatoms. The number of rotatable bonds is 5. The first-order valence-corrected chi connectivity index (χ1v) is 5.77. The van der Waals surface area contributed by atoms with E-state index in [1.165, 1.54) is 18.9 Å². The van der Waals surface area contributed by atoms with E-state index in [-0.39, 0.29) is 11.4 Å². The maximum Gasteiger partial charge on any atom is 0.292 e. The number of nitrogen functional groups attached to an aromatic ring is 1. The van der Waals surface area contributed by atoms with Crippen LogP contribution >= 0.6 is 0 Å². The molecule has 0 aliphatic heterocycles. The normalized spacial score (nSPS) is 15.2. The molecule has 0 saturated heterocycles. The molecule has 0 unspecified atom stereocenters. The van der Waals surface area contributed by atoms with Crippen molar-refractivity contribution < 1.29 is 4.92 Å². The fraction of sp³-hybridized carbons (Fsp3) is 0.500. The molecule has 1 fully saturated rings. The highest BCUT2D eigenvalue weighted by Gasteiger charge is 2.22. The Hall–Kier alpha value is -1.62. The van der Waals surface area contributed by atoms with Gasteiger partial charge in [-0.25, -0.2) is 0 Å². The summed E-state index contributed by atoms with van der Waals surface area (Å²) in [5, 5.41) is 10.6. The largest absolute Gasteiger partial charge is 0.393 e. The van der Waals surface area contributed by atoms with Gasteiger partial charge in [-0.1, -0.05) is 6.07 Å². The zero-order valence-corrected chi connectivity index (χ0v) is 9.93. The van der Waals surface area contributed by atoms with Crippen LogP contribution in [-0.2, 0) is 6.54 Å². The Labute approximate surface area is 100 Å². The number of nitrogens with two attached hydrogens (primary N) is 1. The fourth-order valence-electron chi connectivity index (χ4n) is 1.99. The van der Waals surface area contributed by atoms with Crippen LogP contribution in [0.2, 0.25) is 0 Å². The van der Waals surface area contributed by atoms with E-state index in [0.717, 1.165) is 24.6 Å². The summed E-state index contributed by atoms with van der Waals surface area (Å²) in [6.07, 6.45) is 2.65. The Morgan fingerprint density at radius 2 is 2.24 bits per heavy atom. The zero-order chi connectivity index (χ0) is 12.4. The highest BCUT2D eigenvalue weighted by molar-refractivity contribution is 5.59. The Morgan fingerprint density at radius 1 is 1.53 bits per heavy atom. The standard InChI is InChI=1S/C12H17N3O2/c1-14(7-9-2-3-9)8-10-4-5-12(15(16)17)11(13)6-10/h4-6,9H,2-3,7-8,13H2,1H3. The number of benzene rings is 1. The molecule has 0 amide bonds. The average Bonchev–Trinajstić information content (AvgIpc) is 3.00. The number of hydrogen-bond donors (Lipinski definition) is 1. The van der Waals surface area contributed by atoms with Gasteiger partial charge in [0.1, 0.15) is 5.69 Å². The van der Waals surface area contributed by atoms with E-state index in [9.17, 15) is 10.1 Å². The number of nitrogens with zero attached hydrogens (tertiary/aromatic N) is 2. The van der Waals surface area contributed by atoms with Crippen LogP contribution in [0.3, 0.4) is 0 Å². The minimum Gasteiger partial charge on any atom is -0.393 e. The molecule has 2 rings (SSSR count). The predicted octanol–water partition coefficient (Wildman–Crippen LogP) is 2.02. The summed E-state index contributed by atoms with van der Waals surface area (Å²) in [5.41, 5.74) is 6.90. The Balaban J connectivity index is 2.00. The summed E-state index contributed by atoms with van der Waals surface area (Å²) in [5.74, 6) is 0.843. The molecule has 1 saturated carbocycles. The number of hydrogen-bond acceptors (Lipinski definition) is 4. The van der Waals surface area contributed by atoms with E-state index < -0.39 is 4.92 Å². The van der Waals surface area contributed by atoms with Gasteiger partial charge in [0.2, 0.25) is 0 Å². The molecule has 17 heavy (non-hydrogen) atoms. The molecule has 0 spiro atoms. The summed E-state index contributed by atoms with van der Waals surface area (Å²) in [4.78, 5) is 12.4. The molecule has 0 bridgehead atoms. The molecule has 1 aromatic rings. The van der Waals surface area contributed by atoms with Crippen LogP contribution in [0.1, 0.15) is 18.4 Å². The molecule has 2 N–H and O–H groups in total. The van der Waals surface area contributed by atoms with Crippen molar-refractivity contribution in [2.45, 2.75) is 19.4 Å². The monoisotopic (exact) mass is 235 g/mol. The highest BCUT2D eigenvalue weighted by Crippen LogP contribution is 2.30. The minimum absolute atomic E-state index is 0.0152. The molecule has 92 valence electrons. The Morgan fingerprint density at radius 3 is 2.76 bits per heavy atom. The van der Waals surface area contributed by atoms with Gasteiger partial charge in [-0.3, -0.25) is 10.1 Å². The Bertz CT molecular complexity index is 430. The molecule has 0 heterocycles. The quantitative estimate of drug-likeness (QED) is 0.481. The van der Waals surface area contributed by atoms with Crippen LogP contribution in [0.25, 0.3) is 0 Å². The van der Waals surface area contributed by atoms with Gasteiger partial charge in [-0.2, -0.15) is 0 Å². The third kappa shape index (κ3) is 3.17. The second-order valence-electron chi connectivity index (χ2n) is 4.79. The lowest BCUT2D eigenvalue weighted by atomic mass is 10.1. The highest BCUT2D eigenvalue weighted by atomic mass is 16.6. The summed E-state index contributed by atoms with van der Waals surface area (Å²) in [7, 11) is 2.07. The van der Waals surface area contributed by atoms with Crippen LogP contribution in [0.15, 0.2) is 18.2 Å². The van der Waals surface area contributed by atoms with Crippen LogP contribution in [-0.4, -0.2) is 23.4 Å². The molecule has 5 nitrogen and oxygen atoms in total. The van der Waals surface area contributed by atoms with Crippen molar-refractivity contribution >= 4 is 11.4 Å². The van der Waals surface area contributed by atoms with Gasteiger partial charge in [-0.15, -0.1) is 0 Å². The first-order chi connectivity index (χ1) is 8.06. The SMILES string of the molecule is CN(Cc1ccc([N+](=O)[O-])c(N)c1)CC1CC1. The molecule has 0 atom stereocenters. The van der Waals surface area contributed by atoms with E-state index in [0.29, 0.717) is 0 Å². The van der Waals surface area contributed by atoms with Gasteiger partial charge < -0.3 is 10.6 Å². The maximum absolute atomic E-state index is 10.6. The van der Waals surface area contributed by atoms with Gasteiger partial charge in [-0.05, 0) is 37.4 Å². The van der Waals surface area contributed by atoms with E-state index in [1.54, 1.807) is 12.1 Å². The van der Waals surface area contributed by atoms with E-state index in [2.05, 4.69) is 11.9 Å². The average molecular weight is 235 g/mol. The summed E-state index contributed by atoms with van der Waals surface area (Å²) in [6, 6.07) is 4.95. The van der Waals surface area contributed by atoms with Gasteiger partial charge >= 0.3 is 0 Å². The summed E-state index contributed by atoms with van der Waals surface area (Å²) >= 11 is 0. The van der Waals surface area contributed by atoms with Gasteiger partial charge in [0.15, 0.2) is 0 Å². The smallest absolute Gasteiger partial charge is 0.292 e. The van der Waals surface area contributed by atoms with Crippen LogP contribution in [0.4, 0.5) is 11.4 Å². The van der Waals surface area contributed by atoms with Crippen LogP contribution in [0.5, 0.6) is 0 Å². The van der Waals surface area contributed by atoms with E-state index in [1.807, 2.05) is 0 Å². The second kappa shape index (κ2) is 4.71. The van der Waals surface area contributed by atoms with Crippen molar-refractivity contribution in [2.75, 3.05) is 19.3 Å². The lowest BCUT2D eigenvalue weighted by Gasteiger charge is -2.16. The van der Waals surface area contributed by atoms with Crippen molar-refractivity contribution in [3.05, 3.63) is 33.9 Å². The van der Waals surface area contributed by atoms with Gasteiger partial charge in [0.05, 0.1) is 4.92 Å². The summed E-state index contributed by atoms with van der Waals surface area (Å²) < 4.78 is 0. The van der Waals surface area contributed by atoms with E-state index >= 15 is 0 Å². The molecule has 0 aromatic heterocycles. The molecular formula is C12H17N3O2. The topological polar surface area (TPSA) is 72.4 Å². The maximum atomic E-state index is 10.6. The van der Waals surface area contributed by atoms with Gasteiger partial charge in [0, 0.05) is 19.2 Å². The minimum atomic E-state index is -0.451. The van der Waals surface area contributed by atoms with Crippen molar-refractivity contribution in [1.82, 2.24) is 4.90 Å². The molecule has 1 aliphatic carbocycles. The zero-order valence-electron chi connectivity index (χ0n) is 9.93. The lowest BCUT2D eigenvalue weighted by Crippen LogP contribution is -2.20. The van der Waals surface area contributed by atoms with Crippen LogP contribution < -0.4 is 5.73 Å². The summed E-state index contributed by atoms with van der Waals surface area (Å²) in [6.45, 7) is 1.88. The fourth-order valence-corrected chi connectivity index (χ4v) is 1.99. The third-order valence-electron chi connectivity index (χ3n) is 3.01. The van der Waals surface area contributed by atoms with Crippen LogP contribution in [0, 0.1) is 16.0 Å². The number of anilines is 1. The third-order valence-corrected chi connectivity index (χ3v) is 3.01. The van der Waals surface area contributed by atoms with Crippen molar-refractivity contribution in [3.63, 3.8) is 0 Å². The second-order valence-corrected chi connectivity index (χ2v) is 4.79. The molecular weight excluding hydrogens is 218 g/mol. The lowest BCUT2D eigenvalue weighted by molar-refractivity contribution is -0.383.